The van der Waals surface area contributed by atoms with Gasteiger partial charge in [0.05, 0.1) is 5.56 Å². The highest BCUT2D eigenvalue weighted by atomic mass is 32.1. The molecule has 0 saturated carbocycles. The summed E-state index contributed by atoms with van der Waals surface area (Å²) in [4.78, 5) is 6.46. The van der Waals surface area contributed by atoms with Gasteiger partial charge in [-0.2, -0.15) is 0 Å². The molecular formula is C10H6F2N2S. The third-order valence-corrected chi connectivity index (χ3v) is 2.11. The minimum Gasteiger partial charge on any atom is -0.331 e. The van der Waals surface area contributed by atoms with Crippen LogP contribution in [-0.2, 0) is 0 Å². The maximum Gasteiger partial charge on any atom is 0.144 e. The van der Waals surface area contributed by atoms with Gasteiger partial charge < -0.3 is 4.98 Å². The number of H-pyrrole nitrogens is 1. The molecule has 2 aromatic rings. The van der Waals surface area contributed by atoms with Crippen molar-refractivity contribution >= 4 is 12.2 Å². The average Bonchev–Trinajstić information content (AvgIpc) is 2.17. The Kier molecular flexibility index (Phi) is 2.55. The Morgan fingerprint density at radius 3 is 2.40 bits per heavy atom. The molecule has 2 rings (SSSR count). The molecule has 1 aromatic heterocycles. The summed E-state index contributed by atoms with van der Waals surface area (Å²) in [7, 11) is 0. The molecule has 0 fully saturated rings. The van der Waals surface area contributed by atoms with Crippen LogP contribution in [0.4, 0.5) is 8.78 Å². The van der Waals surface area contributed by atoms with Crippen molar-refractivity contribution in [3.05, 3.63) is 46.7 Å². The molecule has 1 N–H and O–H groups in total. The fourth-order valence-electron chi connectivity index (χ4n) is 1.22. The van der Waals surface area contributed by atoms with E-state index in [4.69, 9.17) is 12.2 Å². The Hall–Kier alpha value is -1.62. The van der Waals surface area contributed by atoms with Gasteiger partial charge in [-0.3, -0.25) is 0 Å². The van der Waals surface area contributed by atoms with Crippen LogP contribution in [0.2, 0.25) is 0 Å². The number of benzene rings is 1. The van der Waals surface area contributed by atoms with Crippen molar-refractivity contribution in [3.63, 3.8) is 0 Å². The van der Waals surface area contributed by atoms with Crippen molar-refractivity contribution < 1.29 is 8.78 Å². The molecular weight excluding hydrogens is 218 g/mol. The van der Waals surface area contributed by atoms with E-state index in [0.717, 1.165) is 0 Å². The van der Waals surface area contributed by atoms with Gasteiger partial charge in [0.15, 0.2) is 0 Å². The van der Waals surface area contributed by atoms with Gasteiger partial charge in [0, 0.05) is 6.20 Å². The van der Waals surface area contributed by atoms with E-state index in [2.05, 4.69) is 9.97 Å². The van der Waals surface area contributed by atoms with Gasteiger partial charge in [-0.05, 0) is 18.2 Å². The van der Waals surface area contributed by atoms with Crippen molar-refractivity contribution in [2.24, 2.45) is 0 Å². The number of nitrogens with one attached hydrogen (secondary N) is 1. The van der Waals surface area contributed by atoms with Crippen LogP contribution < -0.4 is 0 Å². The highest BCUT2D eigenvalue weighted by Crippen LogP contribution is 2.21. The van der Waals surface area contributed by atoms with Crippen LogP contribution in [-0.4, -0.2) is 9.97 Å². The lowest BCUT2D eigenvalue weighted by Crippen LogP contribution is -1.95. The molecule has 5 heteroatoms. The van der Waals surface area contributed by atoms with E-state index in [1.165, 1.54) is 30.5 Å². The van der Waals surface area contributed by atoms with Gasteiger partial charge in [0.2, 0.25) is 0 Å². The van der Waals surface area contributed by atoms with Gasteiger partial charge in [-0.25, -0.2) is 13.8 Å². The summed E-state index contributed by atoms with van der Waals surface area (Å²) in [6.07, 6.45) is 1.40. The maximum atomic E-state index is 13.3. The second-order valence-electron chi connectivity index (χ2n) is 2.88. The number of nitrogens with zero attached hydrogens (tertiary/aromatic N) is 1. The quantitative estimate of drug-likeness (QED) is 0.754. The topological polar surface area (TPSA) is 28.7 Å². The molecule has 1 heterocycles. The molecule has 0 aliphatic rings. The van der Waals surface area contributed by atoms with Crippen LogP contribution in [0.5, 0.6) is 0 Å². The lowest BCUT2D eigenvalue weighted by molar-refractivity contribution is 0.587. The van der Waals surface area contributed by atoms with Gasteiger partial charge in [0.25, 0.3) is 0 Å². The van der Waals surface area contributed by atoms with Crippen molar-refractivity contribution in [1.82, 2.24) is 9.97 Å². The van der Waals surface area contributed by atoms with E-state index in [0.29, 0.717) is 4.64 Å². The molecule has 0 spiro atoms. The van der Waals surface area contributed by atoms with Crippen molar-refractivity contribution in [3.8, 4) is 11.4 Å². The molecule has 76 valence electrons. The first-order chi connectivity index (χ1) is 7.18. The van der Waals surface area contributed by atoms with Crippen LogP contribution in [0, 0.1) is 16.3 Å². The number of rotatable bonds is 1. The zero-order valence-corrected chi connectivity index (χ0v) is 8.31. The Bertz CT molecular complexity index is 531. The van der Waals surface area contributed by atoms with Crippen LogP contribution in [0.3, 0.4) is 0 Å². The summed E-state index contributed by atoms with van der Waals surface area (Å²) in [5.41, 5.74) is -0.191. The van der Waals surface area contributed by atoms with Crippen LogP contribution in [0.25, 0.3) is 11.4 Å². The predicted molar refractivity (Wildman–Crippen MR) is 54.8 cm³/mol. The van der Waals surface area contributed by atoms with Crippen LogP contribution in [0.1, 0.15) is 0 Å². The number of aromatic nitrogens is 2. The molecule has 2 nitrogen and oxygen atoms in total. The zero-order chi connectivity index (χ0) is 10.8. The first kappa shape index (κ1) is 9.92. The summed E-state index contributed by atoms with van der Waals surface area (Å²) < 4.78 is 27.0. The standard InChI is InChI=1S/C10H6F2N2S/c11-6-2-1-3-7(12)9(6)10-13-5-4-8(15)14-10/h1-5H,(H,13,14,15). The van der Waals surface area contributed by atoms with Gasteiger partial charge in [-0.1, -0.05) is 18.3 Å². The van der Waals surface area contributed by atoms with Crippen LogP contribution in [0.15, 0.2) is 30.5 Å². The molecule has 1 aromatic carbocycles. The fraction of sp³-hybridized carbons (Fsp3) is 0. The number of halogens is 2. The summed E-state index contributed by atoms with van der Waals surface area (Å²) >= 11 is 4.85. The normalized spacial score (nSPS) is 10.3. The molecule has 15 heavy (non-hydrogen) atoms. The highest BCUT2D eigenvalue weighted by Gasteiger charge is 2.11. The van der Waals surface area contributed by atoms with E-state index in [-0.39, 0.29) is 11.4 Å². The molecule has 0 radical (unpaired) electrons. The third kappa shape index (κ3) is 1.92. The second-order valence-corrected chi connectivity index (χ2v) is 3.32. The van der Waals surface area contributed by atoms with E-state index in [1.807, 2.05) is 0 Å². The second kappa shape index (κ2) is 3.86. The maximum absolute atomic E-state index is 13.3. The summed E-state index contributed by atoms with van der Waals surface area (Å²) in [5.74, 6) is -1.24. The van der Waals surface area contributed by atoms with Crippen molar-refractivity contribution in [2.75, 3.05) is 0 Å². The lowest BCUT2D eigenvalue weighted by Gasteiger charge is -2.03. The Morgan fingerprint density at radius 1 is 1.13 bits per heavy atom. The van der Waals surface area contributed by atoms with Gasteiger partial charge >= 0.3 is 0 Å². The third-order valence-electron chi connectivity index (χ3n) is 1.87. The molecule has 0 aliphatic heterocycles. The Labute approximate surface area is 89.6 Å². The van der Waals surface area contributed by atoms with E-state index in [1.54, 1.807) is 0 Å². The zero-order valence-electron chi connectivity index (χ0n) is 7.50. The fourth-order valence-corrected chi connectivity index (χ4v) is 1.38. The molecule has 0 unspecified atom stereocenters. The molecule has 0 atom stereocenters. The summed E-state index contributed by atoms with van der Waals surface area (Å²) in [5, 5.41) is 0. The lowest BCUT2D eigenvalue weighted by atomic mass is 10.2. The van der Waals surface area contributed by atoms with Crippen molar-refractivity contribution in [1.29, 1.82) is 0 Å². The smallest absolute Gasteiger partial charge is 0.144 e. The van der Waals surface area contributed by atoms with Crippen molar-refractivity contribution in [2.45, 2.75) is 0 Å². The largest absolute Gasteiger partial charge is 0.331 e. The van der Waals surface area contributed by atoms with E-state index in [9.17, 15) is 8.78 Å². The Morgan fingerprint density at radius 2 is 1.80 bits per heavy atom. The average molecular weight is 224 g/mol. The Balaban J connectivity index is 2.69. The minimum atomic E-state index is -0.667. The minimum absolute atomic E-state index is 0.0955. The van der Waals surface area contributed by atoms with E-state index < -0.39 is 11.6 Å². The molecule has 0 saturated heterocycles. The molecule has 0 aliphatic carbocycles. The van der Waals surface area contributed by atoms with Crippen LogP contribution >= 0.6 is 12.2 Å². The van der Waals surface area contributed by atoms with E-state index >= 15 is 0 Å². The predicted octanol–water partition coefficient (Wildman–Crippen LogP) is 3.08. The summed E-state index contributed by atoms with van der Waals surface area (Å²) in [6, 6.07) is 5.18. The highest BCUT2D eigenvalue weighted by molar-refractivity contribution is 7.71. The van der Waals surface area contributed by atoms with Gasteiger partial charge in [-0.15, -0.1) is 0 Å². The number of hydrogen-bond donors (Lipinski definition) is 1. The molecule has 0 amide bonds. The number of hydrogen-bond acceptors (Lipinski definition) is 2. The first-order valence-corrected chi connectivity index (χ1v) is 4.59. The SMILES string of the molecule is Fc1cccc(F)c1-c1nccc(=S)[nH]1. The molecule has 0 bridgehead atoms. The monoisotopic (exact) mass is 224 g/mol. The van der Waals surface area contributed by atoms with Gasteiger partial charge in [0.1, 0.15) is 22.1 Å². The summed E-state index contributed by atoms with van der Waals surface area (Å²) in [6.45, 7) is 0. The first-order valence-electron chi connectivity index (χ1n) is 4.18. The number of aromatic amines is 1.